The highest BCUT2D eigenvalue weighted by molar-refractivity contribution is 7.16. The summed E-state index contributed by atoms with van der Waals surface area (Å²) in [5.74, 6) is -0.122. The van der Waals surface area contributed by atoms with Crippen molar-refractivity contribution in [1.82, 2.24) is 4.98 Å². The average molecular weight is 513 g/mol. The van der Waals surface area contributed by atoms with Crippen LogP contribution in [0.2, 0.25) is 0 Å². The van der Waals surface area contributed by atoms with Crippen LogP contribution in [0.3, 0.4) is 0 Å². The van der Waals surface area contributed by atoms with Crippen LogP contribution in [0.4, 0.5) is 18.9 Å². The number of ether oxygens (including phenoxy) is 1. The number of carbonyl (C=O) groups excluding carboxylic acids is 1. The zero-order valence-corrected chi connectivity index (χ0v) is 20.7. The van der Waals surface area contributed by atoms with Crippen LogP contribution in [-0.4, -0.2) is 10.9 Å². The molecular formula is C28H27F3N2O2S. The minimum atomic E-state index is -4.68. The van der Waals surface area contributed by atoms with Gasteiger partial charge in [0.2, 0.25) is 0 Å². The predicted molar refractivity (Wildman–Crippen MR) is 138 cm³/mol. The summed E-state index contributed by atoms with van der Waals surface area (Å²) in [7, 11) is 0. The van der Waals surface area contributed by atoms with E-state index in [4.69, 9.17) is 4.74 Å². The van der Waals surface area contributed by atoms with E-state index in [0.29, 0.717) is 11.7 Å². The van der Waals surface area contributed by atoms with Crippen molar-refractivity contribution >= 4 is 33.1 Å². The van der Waals surface area contributed by atoms with Crippen molar-refractivity contribution in [3.05, 3.63) is 89.7 Å². The summed E-state index contributed by atoms with van der Waals surface area (Å²) in [4.78, 5) is 18.2. The van der Waals surface area contributed by atoms with E-state index in [1.165, 1.54) is 28.4 Å². The first-order valence-electron chi connectivity index (χ1n) is 11.8. The molecule has 1 aliphatic rings. The molecule has 1 fully saturated rings. The number of hydrogen-bond acceptors (Lipinski definition) is 4. The van der Waals surface area contributed by atoms with Crippen LogP contribution in [0.1, 0.15) is 43.7 Å². The number of halogens is 3. The Hall–Kier alpha value is -3.39. The molecule has 1 aromatic heterocycles. The number of benzene rings is 2. The lowest BCUT2D eigenvalue weighted by molar-refractivity contribution is -0.138. The van der Waals surface area contributed by atoms with Crippen molar-refractivity contribution in [3.8, 4) is 5.75 Å². The van der Waals surface area contributed by atoms with Crippen molar-refractivity contribution in [2.45, 2.75) is 45.3 Å². The standard InChI is InChI=1S/C28H27F3N2O2S/c1-3-7-22(14-19-8-5-6-9-19)35-25-13-11-21(16-23(25)28(29,30)31)33(27(34)4-2)17-20-10-12-24-26(15-20)36-18-32-24/h3-4,7,10-16,18-19H,2,5-6,8-9,17H2,1H3/b7-3-,22-14+. The van der Waals surface area contributed by atoms with Gasteiger partial charge < -0.3 is 9.64 Å². The summed E-state index contributed by atoms with van der Waals surface area (Å²) in [5, 5.41) is 0. The molecule has 2 aromatic carbocycles. The highest BCUT2D eigenvalue weighted by Crippen LogP contribution is 2.40. The third kappa shape index (κ3) is 6.05. The molecule has 0 aliphatic heterocycles. The molecule has 0 saturated heterocycles. The maximum Gasteiger partial charge on any atom is 0.420 e. The first kappa shape index (κ1) is 25.7. The van der Waals surface area contributed by atoms with Gasteiger partial charge in [-0.05, 0) is 79.8 Å². The fourth-order valence-corrected chi connectivity index (χ4v) is 5.10. The minimum absolute atomic E-state index is 0.0849. The van der Waals surface area contributed by atoms with Gasteiger partial charge in [0.25, 0.3) is 5.91 Å². The summed E-state index contributed by atoms with van der Waals surface area (Å²) in [6.45, 7) is 5.41. The Labute approximate surface area is 212 Å². The van der Waals surface area contributed by atoms with E-state index in [1.54, 1.807) is 24.6 Å². The Morgan fingerprint density at radius 2 is 2.00 bits per heavy atom. The van der Waals surface area contributed by atoms with Gasteiger partial charge in [0, 0.05) is 5.69 Å². The first-order valence-corrected chi connectivity index (χ1v) is 12.7. The number of amides is 1. The third-order valence-electron chi connectivity index (χ3n) is 6.12. The molecule has 0 N–H and O–H groups in total. The van der Waals surface area contributed by atoms with E-state index >= 15 is 0 Å². The van der Waals surface area contributed by atoms with Gasteiger partial charge in [0.15, 0.2) is 0 Å². The number of rotatable bonds is 8. The summed E-state index contributed by atoms with van der Waals surface area (Å²) >= 11 is 1.46. The summed E-state index contributed by atoms with van der Waals surface area (Å²) in [5.41, 5.74) is 2.48. The number of aromatic nitrogens is 1. The second-order valence-corrected chi connectivity index (χ2v) is 9.56. The van der Waals surface area contributed by atoms with Gasteiger partial charge >= 0.3 is 6.18 Å². The van der Waals surface area contributed by atoms with Crippen LogP contribution in [0.15, 0.2) is 78.6 Å². The largest absolute Gasteiger partial charge is 0.457 e. The smallest absolute Gasteiger partial charge is 0.420 e. The SMILES string of the molecule is C=CC(=O)N(Cc1ccc2ncsc2c1)c1ccc(OC(/C=C\C)=C/C2CCCC2)c(C(F)(F)F)c1. The van der Waals surface area contributed by atoms with Crippen LogP contribution >= 0.6 is 11.3 Å². The normalized spacial score (nSPS) is 15.1. The molecule has 1 aliphatic carbocycles. The molecule has 1 amide bonds. The molecule has 0 atom stereocenters. The van der Waals surface area contributed by atoms with E-state index in [0.717, 1.165) is 53.6 Å². The van der Waals surface area contributed by atoms with Gasteiger partial charge in [-0.25, -0.2) is 4.98 Å². The van der Waals surface area contributed by atoms with E-state index < -0.39 is 17.6 Å². The molecule has 1 heterocycles. The molecule has 4 nitrogen and oxygen atoms in total. The Bertz CT molecular complexity index is 1300. The van der Waals surface area contributed by atoms with Crippen molar-refractivity contribution < 1.29 is 22.7 Å². The van der Waals surface area contributed by atoms with E-state index in [2.05, 4.69) is 11.6 Å². The molecule has 36 heavy (non-hydrogen) atoms. The van der Waals surface area contributed by atoms with Gasteiger partial charge in [-0.1, -0.05) is 31.6 Å². The number of nitrogens with zero attached hydrogens (tertiary/aromatic N) is 2. The van der Waals surface area contributed by atoms with E-state index in [1.807, 2.05) is 24.3 Å². The lowest BCUT2D eigenvalue weighted by atomic mass is 10.1. The lowest BCUT2D eigenvalue weighted by Gasteiger charge is -2.24. The van der Waals surface area contributed by atoms with Crippen LogP contribution in [0, 0.1) is 5.92 Å². The van der Waals surface area contributed by atoms with E-state index in [9.17, 15) is 18.0 Å². The molecule has 8 heteroatoms. The average Bonchev–Trinajstić information content (AvgIpc) is 3.53. The zero-order valence-electron chi connectivity index (χ0n) is 19.9. The van der Waals surface area contributed by atoms with Gasteiger partial charge in [0.1, 0.15) is 17.1 Å². The highest BCUT2D eigenvalue weighted by Gasteiger charge is 2.36. The summed E-state index contributed by atoms with van der Waals surface area (Å²) < 4.78 is 49.1. The first-order chi connectivity index (χ1) is 17.3. The number of anilines is 1. The minimum Gasteiger partial charge on any atom is -0.457 e. The fraction of sp³-hybridized carbons (Fsp3) is 0.286. The zero-order chi connectivity index (χ0) is 25.7. The van der Waals surface area contributed by atoms with Crippen LogP contribution < -0.4 is 9.64 Å². The van der Waals surface area contributed by atoms with Crippen molar-refractivity contribution in [3.63, 3.8) is 0 Å². The number of thiazole rings is 1. The Morgan fingerprint density at radius 1 is 1.22 bits per heavy atom. The lowest BCUT2D eigenvalue weighted by Crippen LogP contribution is -2.29. The van der Waals surface area contributed by atoms with Crippen LogP contribution in [-0.2, 0) is 17.5 Å². The topological polar surface area (TPSA) is 42.4 Å². The summed E-state index contributed by atoms with van der Waals surface area (Å²) in [6.07, 6.45) is 5.96. The van der Waals surface area contributed by atoms with Crippen molar-refractivity contribution in [2.24, 2.45) is 5.92 Å². The number of fused-ring (bicyclic) bond motifs is 1. The quantitative estimate of drug-likeness (QED) is 0.174. The predicted octanol–water partition coefficient (Wildman–Crippen LogP) is 8.06. The molecule has 188 valence electrons. The Kier molecular flexibility index (Phi) is 7.94. The molecular weight excluding hydrogens is 485 g/mol. The second-order valence-electron chi connectivity index (χ2n) is 8.68. The second kappa shape index (κ2) is 11.1. The van der Waals surface area contributed by atoms with Crippen LogP contribution in [0.5, 0.6) is 5.75 Å². The molecule has 0 unspecified atom stereocenters. The van der Waals surface area contributed by atoms with Crippen LogP contribution in [0.25, 0.3) is 10.2 Å². The highest BCUT2D eigenvalue weighted by atomic mass is 32.1. The third-order valence-corrected chi connectivity index (χ3v) is 6.91. The maximum atomic E-state index is 14.1. The molecule has 0 spiro atoms. The number of alkyl halides is 3. The maximum absolute atomic E-state index is 14.1. The number of hydrogen-bond donors (Lipinski definition) is 0. The van der Waals surface area contributed by atoms with Crippen molar-refractivity contribution in [1.29, 1.82) is 0 Å². The van der Waals surface area contributed by atoms with Crippen molar-refractivity contribution in [2.75, 3.05) is 4.90 Å². The van der Waals surface area contributed by atoms with Gasteiger partial charge in [-0.15, -0.1) is 11.3 Å². The Balaban J connectivity index is 1.68. The van der Waals surface area contributed by atoms with Gasteiger partial charge in [0.05, 0.1) is 22.3 Å². The molecule has 4 rings (SSSR count). The number of carbonyl (C=O) groups is 1. The Morgan fingerprint density at radius 3 is 2.69 bits per heavy atom. The van der Waals surface area contributed by atoms with Gasteiger partial charge in [-0.3, -0.25) is 4.79 Å². The van der Waals surface area contributed by atoms with Gasteiger partial charge in [-0.2, -0.15) is 13.2 Å². The molecule has 0 radical (unpaired) electrons. The molecule has 0 bridgehead atoms. The fourth-order valence-electron chi connectivity index (χ4n) is 4.35. The molecule has 3 aromatic rings. The number of allylic oxidation sites excluding steroid dienone is 3. The monoisotopic (exact) mass is 512 g/mol. The summed E-state index contributed by atoms with van der Waals surface area (Å²) in [6, 6.07) is 9.24. The van der Waals surface area contributed by atoms with E-state index in [-0.39, 0.29) is 18.0 Å². The molecule has 1 saturated carbocycles.